The summed E-state index contributed by atoms with van der Waals surface area (Å²) < 4.78 is 3.30. The summed E-state index contributed by atoms with van der Waals surface area (Å²) in [5, 5.41) is 4.37. The Labute approximate surface area is 154 Å². The molecule has 27 heavy (non-hydrogen) atoms. The van der Waals surface area contributed by atoms with Crippen molar-refractivity contribution in [2.75, 3.05) is 0 Å². The SMILES string of the molecule is CC(C)Cn1c(=O)[nH]c(=O)c2[nH]c(-c3cnn(Cc4ccccc4)c3)nc21. The minimum atomic E-state index is -0.467. The maximum absolute atomic E-state index is 12.2. The van der Waals surface area contributed by atoms with Gasteiger partial charge in [0.15, 0.2) is 5.65 Å². The van der Waals surface area contributed by atoms with E-state index in [0.29, 0.717) is 30.1 Å². The predicted molar refractivity (Wildman–Crippen MR) is 103 cm³/mol. The molecular weight excluding hydrogens is 344 g/mol. The molecule has 8 nitrogen and oxygen atoms in total. The van der Waals surface area contributed by atoms with Gasteiger partial charge in [0, 0.05) is 12.7 Å². The molecule has 8 heteroatoms. The van der Waals surface area contributed by atoms with Crippen molar-refractivity contribution in [3.05, 3.63) is 69.1 Å². The molecular formula is C19H20N6O2. The van der Waals surface area contributed by atoms with Gasteiger partial charge in [-0.05, 0) is 11.5 Å². The van der Waals surface area contributed by atoms with Crippen molar-refractivity contribution < 1.29 is 0 Å². The first kappa shape index (κ1) is 17.0. The van der Waals surface area contributed by atoms with Crippen LogP contribution in [0.15, 0.2) is 52.3 Å². The lowest BCUT2D eigenvalue weighted by Crippen LogP contribution is -2.31. The Morgan fingerprint density at radius 3 is 2.63 bits per heavy atom. The van der Waals surface area contributed by atoms with Crippen LogP contribution in [0, 0.1) is 5.92 Å². The molecule has 4 rings (SSSR count). The highest BCUT2D eigenvalue weighted by molar-refractivity contribution is 5.75. The third-order valence-corrected chi connectivity index (χ3v) is 4.27. The number of aromatic amines is 2. The smallest absolute Gasteiger partial charge is 0.330 e. The first-order valence-corrected chi connectivity index (χ1v) is 8.81. The second-order valence-electron chi connectivity index (χ2n) is 6.96. The van der Waals surface area contributed by atoms with E-state index in [1.807, 2.05) is 55.1 Å². The molecule has 138 valence electrons. The number of benzene rings is 1. The van der Waals surface area contributed by atoms with E-state index >= 15 is 0 Å². The Hall–Kier alpha value is -3.42. The first-order valence-electron chi connectivity index (χ1n) is 8.81. The van der Waals surface area contributed by atoms with E-state index in [9.17, 15) is 9.59 Å². The molecule has 2 N–H and O–H groups in total. The van der Waals surface area contributed by atoms with Gasteiger partial charge in [-0.25, -0.2) is 9.78 Å². The summed E-state index contributed by atoms with van der Waals surface area (Å²) in [4.78, 5) is 34.2. The highest BCUT2D eigenvalue weighted by Crippen LogP contribution is 2.18. The molecule has 0 unspecified atom stereocenters. The maximum Gasteiger partial charge on any atom is 0.330 e. The predicted octanol–water partition coefficient (Wildman–Crippen LogP) is 1.98. The van der Waals surface area contributed by atoms with Crippen LogP contribution < -0.4 is 11.2 Å². The molecule has 0 amide bonds. The van der Waals surface area contributed by atoms with Gasteiger partial charge < -0.3 is 4.98 Å². The molecule has 0 aliphatic carbocycles. The van der Waals surface area contributed by atoms with Crippen molar-refractivity contribution >= 4 is 11.2 Å². The molecule has 0 aliphatic heterocycles. The lowest BCUT2D eigenvalue weighted by molar-refractivity contribution is 0.513. The summed E-state index contributed by atoms with van der Waals surface area (Å²) in [6, 6.07) is 10.0. The van der Waals surface area contributed by atoms with Gasteiger partial charge in [0.25, 0.3) is 5.56 Å². The molecule has 4 aromatic rings. The zero-order chi connectivity index (χ0) is 19.0. The summed E-state index contributed by atoms with van der Waals surface area (Å²) in [6.07, 6.45) is 3.56. The minimum Gasteiger partial charge on any atom is -0.332 e. The molecule has 0 aliphatic rings. The van der Waals surface area contributed by atoms with Crippen LogP contribution in [-0.2, 0) is 13.1 Å². The van der Waals surface area contributed by atoms with Crippen LogP contribution in [-0.4, -0.2) is 29.3 Å². The second kappa shape index (κ2) is 6.71. The van der Waals surface area contributed by atoms with Crippen LogP contribution in [0.25, 0.3) is 22.6 Å². The zero-order valence-electron chi connectivity index (χ0n) is 15.1. The summed E-state index contributed by atoms with van der Waals surface area (Å²) in [5.41, 5.74) is 1.64. The van der Waals surface area contributed by atoms with Crippen LogP contribution in [0.3, 0.4) is 0 Å². The molecule has 0 fully saturated rings. The number of fused-ring (bicyclic) bond motifs is 1. The number of H-pyrrole nitrogens is 2. The fourth-order valence-electron chi connectivity index (χ4n) is 3.06. The largest absolute Gasteiger partial charge is 0.332 e. The Kier molecular flexibility index (Phi) is 4.23. The Bertz CT molecular complexity index is 1200. The highest BCUT2D eigenvalue weighted by atomic mass is 16.2. The summed E-state index contributed by atoms with van der Waals surface area (Å²) in [7, 11) is 0. The average molecular weight is 364 g/mol. The van der Waals surface area contributed by atoms with Crippen molar-refractivity contribution in [1.82, 2.24) is 29.3 Å². The topological polar surface area (TPSA) is 101 Å². The van der Waals surface area contributed by atoms with E-state index in [1.54, 1.807) is 6.20 Å². The fraction of sp³-hybridized carbons (Fsp3) is 0.263. The van der Waals surface area contributed by atoms with E-state index in [1.165, 1.54) is 4.57 Å². The molecule has 0 bridgehead atoms. The molecule has 3 aromatic heterocycles. The van der Waals surface area contributed by atoms with Gasteiger partial charge in [-0.2, -0.15) is 5.10 Å². The van der Waals surface area contributed by atoms with E-state index in [0.717, 1.165) is 11.1 Å². The standard InChI is InChI=1S/C19H20N6O2/c1-12(2)9-25-17-15(18(26)23-19(25)27)21-16(22-17)14-8-20-24(11-14)10-13-6-4-3-5-7-13/h3-8,11-12H,9-10H2,1-2H3,(H,21,22)(H,23,26,27). The number of aromatic nitrogens is 6. The van der Waals surface area contributed by atoms with Crippen LogP contribution in [0.2, 0.25) is 0 Å². The maximum atomic E-state index is 12.2. The molecule has 1 aromatic carbocycles. The highest BCUT2D eigenvalue weighted by Gasteiger charge is 2.15. The van der Waals surface area contributed by atoms with Gasteiger partial charge in [-0.3, -0.25) is 19.0 Å². The van der Waals surface area contributed by atoms with Crippen molar-refractivity contribution in [2.24, 2.45) is 5.92 Å². The zero-order valence-corrected chi connectivity index (χ0v) is 15.1. The second-order valence-corrected chi connectivity index (χ2v) is 6.96. The number of hydrogen-bond donors (Lipinski definition) is 2. The van der Waals surface area contributed by atoms with Gasteiger partial charge in [-0.1, -0.05) is 44.2 Å². The quantitative estimate of drug-likeness (QED) is 0.565. The number of hydrogen-bond acceptors (Lipinski definition) is 4. The van der Waals surface area contributed by atoms with Gasteiger partial charge in [0.2, 0.25) is 0 Å². The van der Waals surface area contributed by atoms with Crippen LogP contribution in [0.1, 0.15) is 19.4 Å². The minimum absolute atomic E-state index is 0.241. The molecule has 0 spiro atoms. The lowest BCUT2D eigenvalue weighted by Gasteiger charge is -2.07. The van der Waals surface area contributed by atoms with Gasteiger partial charge in [-0.15, -0.1) is 0 Å². The third-order valence-electron chi connectivity index (χ3n) is 4.27. The third kappa shape index (κ3) is 3.33. The van der Waals surface area contributed by atoms with Gasteiger partial charge in [0.1, 0.15) is 11.3 Å². The number of nitrogens with one attached hydrogen (secondary N) is 2. The van der Waals surface area contributed by atoms with Crippen LogP contribution in [0.4, 0.5) is 0 Å². The van der Waals surface area contributed by atoms with E-state index < -0.39 is 11.2 Å². The summed E-state index contributed by atoms with van der Waals surface area (Å²) >= 11 is 0. The molecule has 0 atom stereocenters. The number of nitrogens with zero attached hydrogens (tertiary/aromatic N) is 4. The van der Waals surface area contributed by atoms with E-state index in [4.69, 9.17) is 0 Å². The number of rotatable bonds is 5. The molecule has 0 saturated heterocycles. The van der Waals surface area contributed by atoms with Crippen molar-refractivity contribution in [1.29, 1.82) is 0 Å². The van der Waals surface area contributed by atoms with Crippen LogP contribution >= 0.6 is 0 Å². The van der Waals surface area contributed by atoms with Crippen molar-refractivity contribution in [3.8, 4) is 11.4 Å². The van der Waals surface area contributed by atoms with Crippen molar-refractivity contribution in [2.45, 2.75) is 26.9 Å². The van der Waals surface area contributed by atoms with E-state index in [-0.39, 0.29) is 5.92 Å². The van der Waals surface area contributed by atoms with Gasteiger partial charge in [0.05, 0.1) is 18.3 Å². The normalized spacial score (nSPS) is 11.5. The molecule has 3 heterocycles. The summed E-state index contributed by atoms with van der Waals surface area (Å²) in [6.45, 7) is 5.12. The monoisotopic (exact) mass is 364 g/mol. The Morgan fingerprint density at radius 2 is 1.89 bits per heavy atom. The summed E-state index contributed by atoms with van der Waals surface area (Å²) in [5.74, 6) is 0.753. The number of imidazole rings is 1. The van der Waals surface area contributed by atoms with Crippen LogP contribution in [0.5, 0.6) is 0 Å². The van der Waals surface area contributed by atoms with E-state index in [2.05, 4.69) is 20.1 Å². The van der Waals surface area contributed by atoms with Gasteiger partial charge >= 0.3 is 5.69 Å². The molecule has 0 radical (unpaired) electrons. The molecule has 0 saturated carbocycles. The average Bonchev–Trinajstić information content (AvgIpc) is 3.26. The Balaban J connectivity index is 1.74. The fourth-order valence-corrected chi connectivity index (χ4v) is 3.06. The Morgan fingerprint density at radius 1 is 1.11 bits per heavy atom. The lowest BCUT2D eigenvalue weighted by atomic mass is 10.2. The first-order chi connectivity index (χ1) is 13.0. The van der Waals surface area contributed by atoms with Crippen molar-refractivity contribution in [3.63, 3.8) is 0 Å².